The molecule has 3 N–H and O–H groups in total. The molecule has 21 heavy (non-hydrogen) atoms. The average Bonchev–Trinajstić information content (AvgIpc) is 2.47. The third-order valence-electron chi connectivity index (χ3n) is 3.90. The van der Waals surface area contributed by atoms with Crippen molar-refractivity contribution < 1.29 is 8.42 Å². The molecule has 1 fully saturated rings. The minimum atomic E-state index is -3.61. The number of rotatable bonds is 6. The largest absolute Gasteiger partial charge is 0.371 e. The second kappa shape index (κ2) is 7.24. The number of piperidine rings is 1. The lowest BCUT2D eigenvalue weighted by molar-refractivity contribution is 0.376. The van der Waals surface area contributed by atoms with E-state index in [1.807, 2.05) is 12.1 Å². The van der Waals surface area contributed by atoms with E-state index in [0.717, 1.165) is 38.3 Å². The van der Waals surface area contributed by atoms with Crippen molar-refractivity contribution in [1.29, 1.82) is 0 Å². The van der Waals surface area contributed by atoms with Gasteiger partial charge in [-0.1, -0.05) is 6.92 Å². The number of nitrogens with one attached hydrogen (secondary N) is 1. The summed E-state index contributed by atoms with van der Waals surface area (Å²) in [6.45, 7) is 6.33. The van der Waals surface area contributed by atoms with Gasteiger partial charge >= 0.3 is 0 Å². The zero-order chi connectivity index (χ0) is 15.3. The van der Waals surface area contributed by atoms with Crippen LogP contribution in [0.3, 0.4) is 0 Å². The molecule has 0 aliphatic carbocycles. The zero-order valence-corrected chi connectivity index (χ0v) is 13.4. The van der Waals surface area contributed by atoms with Gasteiger partial charge in [-0.05, 0) is 62.5 Å². The third kappa shape index (κ3) is 4.69. The summed E-state index contributed by atoms with van der Waals surface area (Å²) in [5.74, 6) is 0.656. The highest BCUT2D eigenvalue weighted by Gasteiger charge is 2.17. The summed E-state index contributed by atoms with van der Waals surface area (Å²) < 4.78 is 22.6. The molecule has 6 heteroatoms. The molecule has 1 aliphatic rings. The highest BCUT2D eigenvalue weighted by atomic mass is 32.2. The van der Waals surface area contributed by atoms with E-state index in [4.69, 9.17) is 5.14 Å². The van der Waals surface area contributed by atoms with E-state index in [9.17, 15) is 8.42 Å². The molecule has 118 valence electrons. The van der Waals surface area contributed by atoms with Crippen molar-refractivity contribution in [2.45, 2.75) is 31.1 Å². The first-order chi connectivity index (χ1) is 10.0. The summed E-state index contributed by atoms with van der Waals surface area (Å²) in [5, 5.41) is 8.58. The van der Waals surface area contributed by atoms with Crippen molar-refractivity contribution in [3.63, 3.8) is 0 Å². The molecular weight excluding hydrogens is 286 g/mol. The molecule has 1 aromatic rings. The molecule has 0 spiro atoms. The predicted octanol–water partition coefficient (Wildman–Crippen LogP) is 1.55. The van der Waals surface area contributed by atoms with Gasteiger partial charge in [0.25, 0.3) is 0 Å². The van der Waals surface area contributed by atoms with Crippen LogP contribution in [0.25, 0.3) is 0 Å². The summed E-state index contributed by atoms with van der Waals surface area (Å²) in [4.78, 5) is 2.51. The van der Waals surface area contributed by atoms with E-state index in [-0.39, 0.29) is 4.90 Å². The highest BCUT2D eigenvalue weighted by Crippen LogP contribution is 2.21. The molecule has 2 rings (SSSR count). The Morgan fingerprint density at radius 1 is 1.33 bits per heavy atom. The first kappa shape index (κ1) is 16.3. The first-order valence-corrected chi connectivity index (χ1v) is 9.14. The lowest BCUT2D eigenvalue weighted by Crippen LogP contribution is -2.38. The van der Waals surface area contributed by atoms with Gasteiger partial charge in [-0.2, -0.15) is 0 Å². The van der Waals surface area contributed by atoms with Gasteiger partial charge in [-0.3, -0.25) is 0 Å². The Bertz CT molecular complexity index is 537. The molecule has 1 atom stereocenters. The molecule has 0 radical (unpaired) electrons. The maximum Gasteiger partial charge on any atom is 0.238 e. The van der Waals surface area contributed by atoms with Crippen molar-refractivity contribution in [1.82, 2.24) is 5.32 Å². The SMILES string of the molecule is CCCN(CC1CCCNC1)c1ccc(S(N)(=O)=O)cc1. The lowest BCUT2D eigenvalue weighted by Gasteiger charge is -2.31. The molecule has 0 aromatic heterocycles. The quantitative estimate of drug-likeness (QED) is 0.836. The highest BCUT2D eigenvalue weighted by molar-refractivity contribution is 7.89. The molecule has 1 aromatic carbocycles. The molecule has 0 amide bonds. The number of nitrogens with two attached hydrogens (primary N) is 1. The second-order valence-electron chi connectivity index (χ2n) is 5.70. The van der Waals surface area contributed by atoms with Crippen LogP contribution < -0.4 is 15.4 Å². The average molecular weight is 311 g/mol. The minimum absolute atomic E-state index is 0.169. The number of benzene rings is 1. The third-order valence-corrected chi connectivity index (χ3v) is 4.83. The van der Waals surface area contributed by atoms with E-state index in [0.29, 0.717) is 5.92 Å². The Hall–Kier alpha value is -1.11. The Morgan fingerprint density at radius 3 is 2.57 bits per heavy atom. The van der Waals surface area contributed by atoms with E-state index in [1.54, 1.807) is 12.1 Å². The van der Waals surface area contributed by atoms with Gasteiger partial charge in [-0.15, -0.1) is 0 Å². The van der Waals surface area contributed by atoms with Gasteiger partial charge in [0.05, 0.1) is 4.90 Å². The fourth-order valence-corrected chi connectivity index (χ4v) is 3.35. The maximum atomic E-state index is 11.3. The van der Waals surface area contributed by atoms with Gasteiger partial charge < -0.3 is 10.2 Å². The number of hydrogen-bond acceptors (Lipinski definition) is 4. The smallest absolute Gasteiger partial charge is 0.238 e. The van der Waals surface area contributed by atoms with Crippen LogP contribution in [0, 0.1) is 5.92 Å². The van der Waals surface area contributed by atoms with Crippen molar-refractivity contribution in [2.75, 3.05) is 31.1 Å². The van der Waals surface area contributed by atoms with Crippen LogP contribution in [0.1, 0.15) is 26.2 Å². The summed E-state index contributed by atoms with van der Waals surface area (Å²) >= 11 is 0. The van der Waals surface area contributed by atoms with Crippen LogP contribution in [-0.4, -0.2) is 34.6 Å². The van der Waals surface area contributed by atoms with Crippen molar-refractivity contribution in [2.24, 2.45) is 11.1 Å². The standard InChI is InChI=1S/C15H25N3O2S/c1-2-10-18(12-13-4-3-9-17-11-13)14-5-7-15(8-6-14)21(16,19)20/h5-8,13,17H,2-4,9-12H2,1H3,(H2,16,19,20). The number of nitrogens with zero attached hydrogens (tertiary/aromatic N) is 1. The van der Waals surface area contributed by atoms with Gasteiger partial charge in [-0.25, -0.2) is 13.6 Å². The van der Waals surface area contributed by atoms with Crippen LogP contribution in [0.5, 0.6) is 0 Å². The number of hydrogen-bond donors (Lipinski definition) is 2. The minimum Gasteiger partial charge on any atom is -0.371 e. The van der Waals surface area contributed by atoms with E-state index < -0.39 is 10.0 Å². The maximum absolute atomic E-state index is 11.3. The van der Waals surface area contributed by atoms with Gasteiger partial charge in [0.1, 0.15) is 0 Å². The molecule has 1 saturated heterocycles. The Labute approximate surface area is 127 Å². The van der Waals surface area contributed by atoms with E-state index >= 15 is 0 Å². The molecule has 0 saturated carbocycles. The zero-order valence-electron chi connectivity index (χ0n) is 12.6. The molecule has 1 unspecified atom stereocenters. The fraction of sp³-hybridized carbons (Fsp3) is 0.600. The van der Waals surface area contributed by atoms with Crippen LogP contribution >= 0.6 is 0 Å². The Balaban J connectivity index is 2.09. The Morgan fingerprint density at radius 2 is 2.05 bits per heavy atom. The molecule has 1 heterocycles. The van der Waals surface area contributed by atoms with E-state index in [1.165, 1.54) is 12.8 Å². The van der Waals surface area contributed by atoms with Crippen LogP contribution in [-0.2, 0) is 10.0 Å². The fourth-order valence-electron chi connectivity index (χ4n) is 2.83. The first-order valence-electron chi connectivity index (χ1n) is 7.59. The van der Waals surface area contributed by atoms with Gasteiger partial charge in [0.15, 0.2) is 0 Å². The number of anilines is 1. The Kier molecular flexibility index (Phi) is 5.61. The predicted molar refractivity (Wildman–Crippen MR) is 85.9 cm³/mol. The topological polar surface area (TPSA) is 75.4 Å². The van der Waals surface area contributed by atoms with Crippen molar-refractivity contribution >= 4 is 15.7 Å². The normalized spacial score (nSPS) is 19.4. The summed E-state index contributed by atoms with van der Waals surface area (Å²) in [5.41, 5.74) is 1.06. The van der Waals surface area contributed by atoms with E-state index in [2.05, 4.69) is 17.1 Å². The number of sulfonamides is 1. The lowest BCUT2D eigenvalue weighted by atomic mass is 9.98. The summed E-state index contributed by atoms with van der Waals surface area (Å²) in [7, 11) is -3.61. The van der Waals surface area contributed by atoms with Crippen LogP contribution in [0.15, 0.2) is 29.2 Å². The summed E-state index contributed by atoms with van der Waals surface area (Å²) in [6, 6.07) is 6.89. The second-order valence-corrected chi connectivity index (χ2v) is 7.26. The van der Waals surface area contributed by atoms with Crippen molar-refractivity contribution in [3.8, 4) is 0 Å². The van der Waals surface area contributed by atoms with Crippen LogP contribution in [0.2, 0.25) is 0 Å². The van der Waals surface area contributed by atoms with Crippen molar-refractivity contribution in [3.05, 3.63) is 24.3 Å². The van der Waals surface area contributed by atoms with Crippen LogP contribution in [0.4, 0.5) is 5.69 Å². The summed E-state index contributed by atoms with van der Waals surface area (Å²) in [6.07, 6.45) is 3.55. The molecule has 5 nitrogen and oxygen atoms in total. The van der Waals surface area contributed by atoms with Gasteiger partial charge in [0, 0.05) is 18.8 Å². The monoisotopic (exact) mass is 311 g/mol. The molecular formula is C15H25N3O2S. The molecule has 1 aliphatic heterocycles. The molecule has 0 bridgehead atoms. The number of primary sulfonamides is 1. The van der Waals surface area contributed by atoms with Gasteiger partial charge in [0.2, 0.25) is 10.0 Å².